The predicted octanol–water partition coefficient (Wildman–Crippen LogP) is 1.97. The van der Waals surface area contributed by atoms with Crippen LogP contribution in [0, 0.1) is 0 Å². The van der Waals surface area contributed by atoms with E-state index in [0.29, 0.717) is 18.2 Å². The molecule has 0 aliphatic carbocycles. The highest BCUT2D eigenvalue weighted by Crippen LogP contribution is 2.22. The van der Waals surface area contributed by atoms with Crippen LogP contribution >= 0.6 is 0 Å². The van der Waals surface area contributed by atoms with Crippen molar-refractivity contribution in [3.05, 3.63) is 42.4 Å². The Morgan fingerprint density at radius 3 is 3.00 bits per heavy atom. The highest BCUT2D eigenvalue weighted by Gasteiger charge is 2.03. The minimum atomic E-state index is 0.464. The zero-order valence-electron chi connectivity index (χ0n) is 8.22. The number of nitrogens with zero attached hydrogens (tertiary/aromatic N) is 1. The van der Waals surface area contributed by atoms with Gasteiger partial charge in [-0.15, -0.1) is 0 Å². The van der Waals surface area contributed by atoms with Crippen LogP contribution in [0.3, 0.4) is 0 Å². The van der Waals surface area contributed by atoms with Crippen molar-refractivity contribution >= 4 is 0 Å². The van der Waals surface area contributed by atoms with E-state index in [1.807, 2.05) is 12.1 Å². The van der Waals surface area contributed by atoms with Crippen LogP contribution in [0.4, 0.5) is 0 Å². The third kappa shape index (κ3) is 2.57. The Morgan fingerprint density at radius 1 is 1.33 bits per heavy atom. The smallest absolute Gasteiger partial charge is 0.290 e. The van der Waals surface area contributed by atoms with Gasteiger partial charge in [0.05, 0.1) is 6.20 Å². The third-order valence-electron chi connectivity index (χ3n) is 1.88. The summed E-state index contributed by atoms with van der Waals surface area (Å²) >= 11 is 0. The molecule has 0 aliphatic heterocycles. The summed E-state index contributed by atoms with van der Waals surface area (Å²) in [6.07, 6.45) is 4.04. The second-order valence-corrected chi connectivity index (χ2v) is 3.05. The zero-order valence-corrected chi connectivity index (χ0v) is 8.22. The average molecular weight is 204 g/mol. The minimum absolute atomic E-state index is 0.464. The lowest BCUT2D eigenvalue weighted by Crippen LogP contribution is -2.01. The first kappa shape index (κ1) is 9.73. The number of aromatic nitrogens is 1. The molecule has 0 aromatic carbocycles. The fourth-order valence-electron chi connectivity index (χ4n) is 1.21. The molecule has 4 nitrogen and oxygen atoms in total. The summed E-state index contributed by atoms with van der Waals surface area (Å²) in [6, 6.07) is 7.26. The van der Waals surface area contributed by atoms with Crippen molar-refractivity contribution < 1.29 is 9.15 Å². The molecule has 78 valence electrons. The van der Waals surface area contributed by atoms with E-state index in [0.717, 1.165) is 12.2 Å². The highest BCUT2D eigenvalue weighted by atomic mass is 16.6. The lowest BCUT2D eigenvalue weighted by Gasteiger charge is -1.99. The van der Waals surface area contributed by atoms with Gasteiger partial charge in [0.2, 0.25) is 0 Å². The van der Waals surface area contributed by atoms with Crippen LogP contribution in [0.5, 0.6) is 11.7 Å². The molecule has 0 saturated carbocycles. The Kier molecular flexibility index (Phi) is 2.99. The molecule has 2 heterocycles. The first-order chi connectivity index (χ1) is 7.38. The molecule has 0 amide bonds. The summed E-state index contributed by atoms with van der Waals surface area (Å²) < 4.78 is 10.8. The van der Waals surface area contributed by atoms with Gasteiger partial charge in [-0.2, -0.15) is 0 Å². The van der Waals surface area contributed by atoms with Gasteiger partial charge in [-0.05, 0) is 24.7 Å². The molecule has 0 spiro atoms. The number of hydrogen-bond donors (Lipinski definition) is 1. The van der Waals surface area contributed by atoms with Gasteiger partial charge in [-0.1, -0.05) is 0 Å². The number of pyridine rings is 1. The van der Waals surface area contributed by atoms with Crippen LogP contribution in [0.25, 0.3) is 0 Å². The van der Waals surface area contributed by atoms with Crippen molar-refractivity contribution in [3.63, 3.8) is 0 Å². The van der Waals surface area contributed by atoms with E-state index in [1.165, 1.54) is 0 Å². The summed E-state index contributed by atoms with van der Waals surface area (Å²) in [5, 5.41) is 0. The quantitative estimate of drug-likeness (QED) is 0.827. The molecule has 0 atom stereocenters. The van der Waals surface area contributed by atoms with Crippen LogP contribution in [-0.2, 0) is 6.42 Å². The lowest BCUT2D eigenvalue weighted by atomic mass is 10.3. The van der Waals surface area contributed by atoms with E-state index < -0.39 is 0 Å². The molecule has 0 bridgehead atoms. The molecule has 2 aromatic heterocycles. The van der Waals surface area contributed by atoms with Gasteiger partial charge < -0.3 is 14.9 Å². The van der Waals surface area contributed by atoms with Gasteiger partial charge in [0.1, 0.15) is 11.5 Å². The maximum atomic E-state index is 5.44. The molecular formula is C11H12N2O2. The molecule has 15 heavy (non-hydrogen) atoms. The van der Waals surface area contributed by atoms with E-state index in [4.69, 9.17) is 14.9 Å². The first-order valence-corrected chi connectivity index (χ1v) is 4.75. The normalized spacial score (nSPS) is 10.2. The molecule has 0 fully saturated rings. The lowest BCUT2D eigenvalue weighted by molar-refractivity contribution is 0.332. The fourth-order valence-corrected chi connectivity index (χ4v) is 1.21. The number of nitrogens with two attached hydrogens (primary N) is 1. The Bertz CT molecular complexity index is 412. The maximum absolute atomic E-state index is 5.44. The van der Waals surface area contributed by atoms with Crippen molar-refractivity contribution in [2.24, 2.45) is 5.73 Å². The first-order valence-electron chi connectivity index (χ1n) is 4.75. The number of ether oxygens (including phenoxy) is 1. The van der Waals surface area contributed by atoms with Crippen molar-refractivity contribution in [1.82, 2.24) is 4.98 Å². The van der Waals surface area contributed by atoms with E-state index >= 15 is 0 Å². The number of hydrogen-bond acceptors (Lipinski definition) is 4. The van der Waals surface area contributed by atoms with Gasteiger partial charge in [0, 0.05) is 18.7 Å². The Morgan fingerprint density at radius 2 is 2.27 bits per heavy atom. The fraction of sp³-hybridized carbons (Fsp3) is 0.182. The molecule has 0 unspecified atom stereocenters. The largest absolute Gasteiger partial charge is 0.430 e. The summed E-state index contributed by atoms with van der Waals surface area (Å²) in [5.41, 5.74) is 5.41. The molecule has 2 rings (SSSR count). The zero-order chi connectivity index (χ0) is 10.5. The van der Waals surface area contributed by atoms with Crippen LogP contribution in [0.15, 0.2) is 41.1 Å². The van der Waals surface area contributed by atoms with Gasteiger partial charge in [0.15, 0.2) is 0 Å². The molecule has 2 aromatic rings. The Labute approximate surface area is 87.7 Å². The van der Waals surface area contributed by atoms with Crippen LogP contribution in [-0.4, -0.2) is 11.5 Å². The third-order valence-corrected chi connectivity index (χ3v) is 1.88. The molecule has 0 radical (unpaired) electrons. The van der Waals surface area contributed by atoms with Gasteiger partial charge in [-0.25, -0.2) is 0 Å². The molecule has 4 heteroatoms. The summed E-state index contributed by atoms with van der Waals surface area (Å²) in [4.78, 5) is 3.94. The van der Waals surface area contributed by atoms with Crippen molar-refractivity contribution in [2.45, 2.75) is 6.42 Å². The van der Waals surface area contributed by atoms with Gasteiger partial charge in [-0.3, -0.25) is 4.98 Å². The van der Waals surface area contributed by atoms with Gasteiger partial charge >= 0.3 is 0 Å². The standard InChI is InChI=1S/C11H12N2O2/c12-6-5-9-3-4-11(14-9)15-10-2-1-7-13-8-10/h1-4,7-8H,5-6,12H2. The Hall–Kier alpha value is -1.81. The monoisotopic (exact) mass is 204 g/mol. The van der Waals surface area contributed by atoms with Crippen molar-refractivity contribution in [1.29, 1.82) is 0 Å². The van der Waals surface area contributed by atoms with E-state index in [-0.39, 0.29) is 0 Å². The average Bonchev–Trinajstić information content (AvgIpc) is 2.68. The van der Waals surface area contributed by atoms with Crippen LogP contribution in [0.1, 0.15) is 5.76 Å². The SMILES string of the molecule is NCCc1ccc(Oc2cccnc2)o1. The van der Waals surface area contributed by atoms with Crippen molar-refractivity contribution in [3.8, 4) is 11.7 Å². The topological polar surface area (TPSA) is 61.3 Å². The van der Waals surface area contributed by atoms with Crippen LogP contribution < -0.4 is 10.5 Å². The van der Waals surface area contributed by atoms with Crippen LogP contribution in [0.2, 0.25) is 0 Å². The summed E-state index contributed by atoms with van der Waals surface area (Å²) in [7, 11) is 0. The highest BCUT2D eigenvalue weighted by molar-refractivity contribution is 5.22. The second kappa shape index (κ2) is 4.61. The number of rotatable bonds is 4. The predicted molar refractivity (Wildman–Crippen MR) is 55.8 cm³/mol. The molecule has 0 aliphatic rings. The molecular weight excluding hydrogens is 192 g/mol. The summed E-state index contributed by atoms with van der Waals surface area (Å²) in [6.45, 7) is 0.569. The second-order valence-electron chi connectivity index (χ2n) is 3.05. The Balaban J connectivity index is 2.05. The van der Waals surface area contributed by atoms with E-state index in [1.54, 1.807) is 24.5 Å². The minimum Gasteiger partial charge on any atom is -0.430 e. The van der Waals surface area contributed by atoms with E-state index in [2.05, 4.69) is 4.98 Å². The summed E-state index contributed by atoms with van der Waals surface area (Å²) in [5.74, 6) is 1.95. The van der Waals surface area contributed by atoms with E-state index in [9.17, 15) is 0 Å². The number of furan rings is 1. The molecule has 2 N–H and O–H groups in total. The molecule has 0 saturated heterocycles. The van der Waals surface area contributed by atoms with Crippen molar-refractivity contribution in [2.75, 3.05) is 6.54 Å². The van der Waals surface area contributed by atoms with Gasteiger partial charge in [0.25, 0.3) is 5.95 Å². The maximum Gasteiger partial charge on any atom is 0.290 e.